The highest BCUT2D eigenvalue weighted by Crippen LogP contribution is 2.14. The Bertz CT molecular complexity index is 738. The Labute approximate surface area is 120 Å². The molecule has 0 saturated heterocycles. The molecule has 0 radical (unpaired) electrons. The van der Waals surface area contributed by atoms with Gasteiger partial charge < -0.3 is 10.0 Å². The summed E-state index contributed by atoms with van der Waals surface area (Å²) in [6.45, 7) is 1.75. The van der Waals surface area contributed by atoms with Crippen molar-refractivity contribution in [2.24, 2.45) is 0 Å². The molecule has 0 bridgehead atoms. The molecule has 0 fully saturated rings. The fourth-order valence-electron chi connectivity index (χ4n) is 2.11. The summed E-state index contributed by atoms with van der Waals surface area (Å²) < 4.78 is 0. The fourth-order valence-corrected chi connectivity index (χ4v) is 2.11. The zero-order valence-corrected chi connectivity index (χ0v) is 11.5. The smallest absolute Gasteiger partial charge is 0.323 e. The molecule has 0 atom stereocenters. The average Bonchev–Trinajstić information content (AvgIpc) is 2.46. The number of hydrogen-bond acceptors (Lipinski definition) is 4. The van der Waals surface area contributed by atoms with Gasteiger partial charge in [0.1, 0.15) is 6.54 Å². The van der Waals surface area contributed by atoms with Crippen LogP contribution in [0.1, 0.15) is 23.8 Å². The third-order valence-electron chi connectivity index (χ3n) is 3.01. The van der Waals surface area contributed by atoms with Gasteiger partial charge in [-0.1, -0.05) is 25.1 Å². The number of hydrogen-bond donors (Lipinski definition) is 2. The molecule has 110 valence electrons. The first-order valence-electron chi connectivity index (χ1n) is 6.53. The minimum absolute atomic E-state index is 0.0555. The number of aliphatic carboxylic acids is 1. The zero-order valence-electron chi connectivity index (χ0n) is 11.5. The summed E-state index contributed by atoms with van der Waals surface area (Å²) in [6.07, 6.45) is 0.625. The summed E-state index contributed by atoms with van der Waals surface area (Å²) in [4.78, 5) is 36.2. The van der Waals surface area contributed by atoms with E-state index >= 15 is 0 Å². The molecule has 1 amide bonds. The first kappa shape index (κ1) is 14.7. The maximum absolute atomic E-state index is 12.5. The number of amides is 1. The fraction of sp³-hybridized carbons (Fsp3) is 0.286. The molecule has 2 N–H and O–H groups in total. The first-order chi connectivity index (χ1) is 10.0. The number of carbonyl (C=O) groups is 2. The largest absolute Gasteiger partial charge is 0.480 e. The number of carbonyl (C=O) groups excluding carboxylic acids is 1. The number of aromatic nitrogens is 2. The van der Waals surface area contributed by atoms with Crippen molar-refractivity contribution in [2.75, 3.05) is 13.1 Å². The van der Waals surface area contributed by atoms with Crippen LogP contribution in [-0.4, -0.2) is 45.2 Å². The maximum Gasteiger partial charge on any atom is 0.323 e. The molecule has 0 aliphatic rings. The number of nitrogens with zero attached hydrogens (tertiary/aromatic N) is 2. The van der Waals surface area contributed by atoms with E-state index in [1.165, 1.54) is 4.90 Å². The summed E-state index contributed by atoms with van der Waals surface area (Å²) >= 11 is 0. The van der Waals surface area contributed by atoms with Crippen LogP contribution in [0.2, 0.25) is 0 Å². The van der Waals surface area contributed by atoms with Crippen LogP contribution in [0, 0.1) is 0 Å². The molecule has 0 saturated carbocycles. The minimum Gasteiger partial charge on any atom is -0.480 e. The zero-order chi connectivity index (χ0) is 15.4. The lowest BCUT2D eigenvalue weighted by molar-refractivity contribution is -0.137. The van der Waals surface area contributed by atoms with Gasteiger partial charge in [-0.05, 0) is 12.5 Å². The summed E-state index contributed by atoms with van der Waals surface area (Å²) in [6, 6.07) is 6.60. The number of benzene rings is 1. The summed E-state index contributed by atoms with van der Waals surface area (Å²) in [5, 5.41) is 15.7. The third-order valence-corrected chi connectivity index (χ3v) is 3.01. The molecule has 21 heavy (non-hydrogen) atoms. The quantitative estimate of drug-likeness (QED) is 0.849. The predicted molar refractivity (Wildman–Crippen MR) is 76.2 cm³/mol. The number of aromatic amines is 1. The van der Waals surface area contributed by atoms with Gasteiger partial charge in [0.05, 0.1) is 5.39 Å². The molecule has 2 aromatic rings. The van der Waals surface area contributed by atoms with Crippen molar-refractivity contribution in [1.82, 2.24) is 15.1 Å². The Balaban J connectivity index is 2.49. The van der Waals surface area contributed by atoms with Gasteiger partial charge >= 0.3 is 5.97 Å². The Hall–Kier alpha value is -2.70. The van der Waals surface area contributed by atoms with Crippen molar-refractivity contribution in [2.45, 2.75) is 13.3 Å². The van der Waals surface area contributed by atoms with Crippen LogP contribution < -0.4 is 5.56 Å². The predicted octanol–water partition coefficient (Wildman–Crippen LogP) is 0.860. The number of fused-ring (bicyclic) bond motifs is 1. The second kappa shape index (κ2) is 6.17. The number of carboxylic acids is 1. The third kappa shape index (κ3) is 3.07. The topological polar surface area (TPSA) is 103 Å². The van der Waals surface area contributed by atoms with Crippen molar-refractivity contribution < 1.29 is 14.7 Å². The molecule has 1 aromatic carbocycles. The number of nitrogens with one attached hydrogen (secondary N) is 1. The van der Waals surface area contributed by atoms with Crippen LogP contribution in [0.15, 0.2) is 29.1 Å². The van der Waals surface area contributed by atoms with Crippen LogP contribution in [0.3, 0.4) is 0 Å². The monoisotopic (exact) mass is 289 g/mol. The van der Waals surface area contributed by atoms with Crippen LogP contribution in [-0.2, 0) is 4.79 Å². The second-order valence-corrected chi connectivity index (χ2v) is 4.57. The number of rotatable bonds is 5. The Kier molecular flexibility index (Phi) is 4.32. The van der Waals surface area contributed by atoms with Gasteiger partial charge in [0, 0.05) is 11.9 Å². The van der Waals surface area contributed by atoms with E-state index in [1.807, 2.05) is 6.92 Å². The molecule has 1 aromatic heterocycles. The highest BCUT2D eigenvalue weighted by Gasteiger charge is 2.21. The summed E-state index contributed by atoms with van der Waals surface area (Å²) in [7, 11) is 0. The standard InChI is InChI=1S/C14H15N3O4/c1-2-7-17(8-11(18)19)14(21)12-9-5-3-4-6-10(9)13(20)16-15-12/h3-6H,2,7-8H2,1H3,(H,16,20)(H,18,19). The van der Waals surface area contributed by atoms with Crippen molar-refractivity contribution in [3.63, 3.8) is 0 Å². The first-order valence-corrected chi connectivity index (χ1v) is 6.53. The van der Waals surface area contributed by atoms with Gasteiger partial charge in [0.25, 0.3) is 11.5 Å². The molecule has 0 aliphatic heterocycles. The average molecular weight is 289 g/mol. The molecule has 0 spiro atoms. The highest BCUT2D eigenvalue weighted by atomic mass is 16.4. The van der Waals surface area contributed by atoms with E-state index in [-0.39, 0.29) is 11.3 Å². The Morgan fingerprint density at radius 3 is 2.57 bits per heavy atom. The molecule has 2 rings (SSSR count). The van der Waals surface area contributed by atoms with E-state index in [0.29, 0.717) is 23.7 Å². The van der Waals surface area contributed by atoms with Crippen LogP contribution in [0.5, 0.6) is 0 Å². The van der Waals surface area contributed by atoms with Gasteiger partial charge in [0.15, 0.2) is 5.69 Å². The molecule has 1 heterocycles. The Morgan fingerprint density at radius 2 is 1.95 bits per heavy atom. The van der Waals surface area contributed by atoms with Crippen LogP contribution in [0.4, 0.5) is 0 Å². The van der Waals surface area contributed by atoms with Gasteiger partial charge in [-0.2, -0.15) is 5.10 Å². The van der Waals surface area contributed by atoms with Crippen molar-refractivity contribution in [3.8, 4) is 0 Å². The van der Waals surface area contributed by atoms with Crippen LogP contribution in [0.25, 0.3) is 10.8 Å². The Morgan fingerprint density at radius 1 is 1.29 bits per heavy atom. The van der Waals surface area contributed by atoms with Gasteiger partial charge in [-0.25, -0.2) is 5.10 Å². The molecule has 0 aliphatic carbocycles. The molecular formula is C14H15N3O4. The lowest BCUT2D eigenvalue weighted by atomic mass is 10.1. The SMILES string of the molecule is CCCN(CC(=O)O)C(=O)c1n[nH]c(=O)c2ccccc12. The molecule has 7 nitrogen and oxygen atoms in total. The summed E-state index contributed by atoms with van der Waals surface area (Å²) in [5.74, 6) is -1.60. The maximum atomic E-state index is 12.5. The number of carboxylic acid groups (broad SMARTS) is 1. The number of H-pyrrole nitrogens is 1. The highest BCUT2D eigenvalue weighted by molar-refractivity contribution is 6.05. The van der Waals surface area contributed by atoms with Gasteiger partial charge in [0.2, 0.25) is 0 Å². The van der Waals surface area contributed by atoms with Crippen LogP contribution >= 0.6 is 0 Å². The van der Waals surface area contributed by atoms with E-state index in [4.69, 9.17) is 5.11 Å². The van der Waals surface area contributed by atoms with E-state index in [1.54, 1.807) is 24.3 Å². The summed E-state index contributed by atoms with van der Waals surface area (Å²) in [5.41, 5.74) is -0.331. The van der Waals surface area contributed by atoms with Crippen molar-refractivity contribution in [3.05, 3.63) is 40.3 Å². The second-order valence-electron chi connectivity index (χ2n) is 4.57. The van der Waals surface area contributed by atoms with Crippen molar-refractivity contribution in [1.29, 1.82) is 0 Å². The van der Waals surface area contributed by atoms with Gasteiger partial charge in [-0.3, -0.25) is 14.4 Å². The van der Waals surface area contributed by atoms with Gasteiger partial charge in [-0.15, -0.1) is 0 Å². The van der Waals surface area contributed by atoms with E-state index in [2.05, 4.69) is 10.2 Å². The molecule has 7 heteroatoms. The minimum atomic E-state index is -1.09. The van der Waals surface area contributed by atoms with E-state index in [0.717, 1.165) is 0 Å². The lowest BCUT2D eigenvalue weighted by Crippen LogP contribution is -2.37. The molecule has 0 unspecified atom stereocenters. The molecular weight excluding hydrogens is 274 g/mol. The lowest BCUT2D eigenvalue weighted by Gasteiger charge is -2.19. The normalized spacial score (nSPS) is 10.5. The van der Waals surface area contributed by atoms with E-state index < -0.39 is 18.4 Å². The van der Waals surface area contributed by atoms with Crippen molar-refractivity contribution >= 4 is 22.6 Å². The van der Waals surface area contributed by atoms with E-state index in [9.17, 15) is 14.4 Å².